The lowest BCUT2D eigenvalue weighted by Gasteiger charge is -2.09. The molecule has 2 heterocycles. The summed E-state index contributed by atoms with van der Waals surface area (Å²) in [5.41, 5.74) is 3.51. The van der Waals surface area contributed by atoms with E-state index in [0.717, 1.165) is 16.8 Å². The van der Waals surface area contributed by atoms with Crippen molar-refractivity contribution in [3.8, 4) is 5.69 Å². The van der Waals surface area contributed by atoms with Crippen LogP contribution in [-0.4, -0.2) is 26.3 Å². The molecule has 1 N–H and O–H groups in total. The summed E-state index contributed by atoms with van der Waals surface area (Å²) in [4.78, 5) is 31.2. The number of thioether (sulfide) groups is 1. The van der Waals surface area contributed by atoms with E-state index in [1.54, 1.807) is 28.5 Å². The van der Waals surface area contributed by atoms with Crippen LogP contribution in [0.25, 0.3) is 16.7 Å². The molecule has 0 aliphatic carbocycles. The second-order valence-corrected chi connectivity index (χ2v) is 8.72. The van der Waals surface area contributed by atoms with Crippen LogP contribution in [0.2, 0.25) is 0 Å². The van der Waals surface area contributed by atoms with Crippen molar-refractivity contribution in [1.82, 2.24) is 19.4 Å². The number of nitrogens with one attached hydrogen (secondary N) is 1. The smallest absolute Gasteiger partial charge is 0.263 e. The fourth-order valence-electron chi connectivity index (χ4n) is 3.83. The highest BCUT2D eigenvalue weighted by Crippen LogP contribution is 2.25. The van der Waals surface area contributed by atoms with Crippen LogP contribution in [-0.2, 0) is 17.9 Å². The second kappa shape index (κ2) is 9.62. The Balaban J connectivity index is 1.51. The predicted octanol–water partition coefficient (Wildman–Crippen LogP) is 4.37. The molecule has 170 valence electrons. The number of aromatic nitrogens is 3. The van der Waals surface area contributed by atoms with Gasteiger partial charge >= 0.3 is 0 Å². The van der Waals surface area contributed by atoms with Gasteiger partial charge in [0.05, 0.1) is 17.4 Å². The first-order chi connectivity index (χ1) is 15.9. The van der Waals surface area contributed by atoms with E-state index in [4.69, 9.17) is 0 Å². The number of benzene rings is 2. The summed E-state index contributed by atoms with van der Waals surface area (Å²) in [6, 6.07) is 14.2. The number of carbonyl (C=O) groups excluding carboxylic acids is 1. The molecule has 2 aromatic heterocycles. The van der Waals surface area contributed by atoms with Gasteiger partial charge in [-0.05, 0) is 61.6 Å². The molecular formula is C25H25FN4O2S. The van der Waals surface area contributed by atoms with Gasteiger partial charge in [0.15, 0.2) is 5.65 Å². The van der Waals surface area contributed by atoms with Crippen LogP contribution >= 0.6 is 11.8 Å². The van der Waals surface area contributed by atoms with E-state index in [2.05, 4.69) is 10.3 Å². The number of nitrogens with zero attached hydrogens (tertiary/aromatic N) is 3. The van der Waals surface area contributed by atoms with Crippen LogP contribution in [0.15, 0.2) is 64.5 Å². The van der Waals surface area contributed by atoms with Crippen molar-refractivity contribution in [2.75, 3.05) is 6.26 Å². The largest absolute Gasteiger partial charge is 0.352 e. The minimum Gasteiger partial charge on any atom is -0.352 e. The number of hydrogen-bond donors (Lipinski definition) is 1. The molecule has 0 aliphatic heterocycles. The number of rotatable bonds is 7. The molecule has 0 unspecified atom stereocenters. The molecule has 33 heavy (non-hydrogen) atoms. The molecule has 2 aromatic carbocycles. The van der Waals surface area contributed by atoms with Crippen LogP contribution in [0.3, 0.4) is 0 Å². The van der Waals surface area contributed by atoms with Gasteiger partial charge in [0.25, 0.3) is 5.56 Å². The molecule has 4 aromatic rings. The zero-order valence-corrected chi connectivity index (χ0v) is 19.6. The second-order valence-electron chi connectivity index (χ2n) is 7.84. The molecule has 0 saturated heterocycles. The molecule has 0 atom stereocenters. The average Bonchev–Trinajstić information content (AvgIpc) is 3.08. The molecule has 0 bridgehead atoms. The van der Waals surface area contributed by atoms with Crippen LogP contribution in [0.4, 0.5) is 4.39 Å². The summed E-state index contributed by atoms with van der Waals surface area (Å²) in [5, 5.41) is 3.37. The van der Waals surface area contributed by atoms with Crippen molar-refractivity contribution >= 4 is 28.7 Å². The Morgan fingerprint density at radius 3 is 2.61 bits per heavy atom. The maximum Gasteiger partial charge on any atom is 0.263 e. The zero-order chi connectivity index (χ0) is 23.5. The molecular weight excluding hydrogens is 439 g/mol. The first kappa shape index (κ1) is 22.8. The fourth-order valence-corrected chi connectivity index (χ4v) is 4.24. The molecule has 8 heteroatoms. The van der Waals surface area contributed by atoms with Crippen molar-refractivity contribution in [3.63, 3.8) is 0 Å². The Hall–Kier alpha value is -3.39. The van der Waals surface area contributed by atoms with Crippen molar-refractivity contribution in [2.45, 2.75) is 38.3 Å². The quantitative estimate of drug-likeness (QED) is 0.413. The molecule has 0 saturated carbocycles. The minimum atomic E-state index is -0.356. The van der Waals surface area contributed by atoms with E-state index in [-0.39, 0.29) is 30.2 Å². The molecule has 0 fully saturated rings. The lowest BCUT2D eigenvalue weighted by Crippen LogP contribution is -2.27. The minimum absolute atomic E-state index is 0.138. The number of fused-ring (bicyclic) bond motifs is 1. The summed E-state index contributed by atoms with van der Waals surface area (Å²) < 4.78 is 17.0. The Morgan fingerprint density at radius 2 is 1.91 bits per heavy atom. The molecule has 1 amide bonds. The summed E-state index contributed by atoms with van der Waals surface area (Å²) in [6.45, 7) is 4.40. The molecule has 0 spiro atoms. The van der Waals surface area contributed by atoms with Gasteiger partial charge < -0.3 is 5.32 Å². The monoisotopic (exact) mass is 464 g/mol. The third kappa shape index (κ3) is 4.71. The summed E-state index contributed by atoms with van der Waals surface area (Å²) in [7, 11) is 0. The van der Waals surface area contributed by atoms with Gasteiger partial charge in [0, 0.05) is 30.1 Å². The Kier molecular flexibility index (Phi) is 6.65. The molecule has 6 nitrogen and oxygen atoms in total. The van der Waals surface area contributed by atoms with Crippen molar-refractivity contribution in [2.24, 2.45) is 0 Å². The van der Waals surface area contributed by atoms with E-state index in [1.165, 1.54) is 27.9 Å². The van der Waals surface area contributed by atoms with Crippen molar-refractivity contribution < 1.29 is 9.18 Å². The zero-order valence-electron chi connectivity index (χ0n) is 18.8. The average molecular weight is 465 g/mol. The summed E-state index contributed by atoms with van der Waals surface area (Å²) >= 11 is 1.67. The first-order valence-corrected chi connectivity index (χ1v) is 11.8. The maximum atomic E-state index is 13.8. The van der Waals surface area contributed by atoms with Crippen LogP contribution < -0.4 is 10.9 Å². The summed E-state index contributed by atoms with van der Waals surface area (Å²) in [6.07, 6.45) is 3.64. The number of halogens is 1. The van der Waals surface area contributed by atoms with Gasteiger partial charge in [-0.15, -0.1) is 11.8 Å². The SMILES string of the molecule is CSc1ccc(CNC(=O)CCn2cnc3c(c(C)c(C)n3-c3cccc(F)c3)c2=O)cc1. The highest BCUT2D eigenvalue weighted by molar-refractivity contribution is 7.98. The highest BCUT2D eigenvalue weighted by atomic mass is 32.2. The van der Waals surface area contributed by atoms with E-state index in [0.29, 0.717) is 23.3 Å². The Morgan fingerprint density at radius 1 is 1.15 bits per heavy atom. The number of hydrogen-bond acceptors (Lipinski definition) is 4. The highest BCUT2D eigenvalue weighted by Gasteiger charge is 2.18. The third-order valence-electron chi connectivity index (χ3n) is 5.78. The summed E-state index contributed by atoms with van der Waals surface area (Å²) in [5.74, 6) is -0.493. The molecule has 0 radical (unpaired) electrons. The fraction of sp³-hybridized carbons (Fsp3) is 0.240. The predicted molar refractivity (Wildman–Crippen MR) is 129 cm³/mol. The molecule has 0 aliphatic rings. The van der Waals surface area contributed by atoms with Crippen LogP contribution in [0.1, 0.15) is 23.2 Å². The molecule has 4 rings (SSSR count). The van der Waals surface area contributed by atoms with E-state index < -0.39 is 0 Å². The van der Waals surface area contributed by atoms with Crippen LogP contribution in [0, 0.1) is 19.7 Å². The van der Waals surface area contributed by atoms with Gasteiger partial charge in [-0.2, -0.15) is 0 Å². The van der Waals surface area contributed by atoms with Gasteiger partial charge in [0.2, 0.25) is 5.91 Å². The van der Waals surface area contributed by atoms with E-state index in [9.17, 15) is 14.0 Å². The van der Waals surface area contributed by atoms with E-state index in [1.807, 2.05) is 44.4 Å². The van der Waals surface area contributed by atoms with Gasteiger partial charge in [-0.3, -0.25) is 18.7 Å². The van der Waals surface area contributed by atoms with Gasteiger partial charge in [0.1, 0.15) is 5.82 Å². The standard InChI is InChI=1S/C25H25FN4O2S/c1-16-17(2)30(20-6-4-5-19(26)13-20)24-23(16)25(32)29(15-28-24)12-11-22(31)27-14-18-7-9-21(33-3)10-8-18/h4-10,13,15H,11-12,14H2,1-3H3,(H,27,31). The lowest BCUT2D eigenvalue weighted by atomic mass is 10.2. The van der Waals surface area contributed by atoms with Crippen LogP contribution in [0.5, 0.6) is 0 Å². The topological polar surface area (TPSA) is 68.9 Å². The normalized spacial score (nSPS) is 11.2. The lowest BCUT2D eigenvalue weighted by molar-refractivity contribution is -0.121. The van der Waals surface area contributed by atoms with Crippen molar-refractivity contribution in [1.29, 1.82) is 0 Å². The number of carbonyl (C=O) groups is 1. The van der Waals surface area contributed by atoms with Gasteiger partial charge in [-0.1, -0.05) is 18.2 Å². The van der Waals surface area contributed by atoms with Crippen molar-refractivity contribution in [3.05, 3.63) is 87.9 Å². The number of amides is 1. The van der Waals surface area contributed by atoms with Gasteiger partial charge in [-0.25, -0.2) is 9.37 Å². The number of aryl methyl sites for hydroxylation is 2. The first-order valence-electron chi connectivity index (χ1n) is 10.6. The van der Waals surface area contributed by atoms with E-state index >= 15 is 0 Å². The Labute approximate surface area is 195 Å². The third-order valence-corrected chi connectivity index (χ3v) is 6.52. The Bertz CT molecular complexity index is 1380. The maximum absolute atomic E-state index is 13.8.